The number of amides is 1. The first-order valence-electron chi connectivity index (χ1n) is 6.12. The fourth-order valence-electron chi connectivity index (χ4n) is 1.67. The molecule has 1 atom stereocenters. The Balaban J connectivity index is 2.86. The van der Waals surface area contributed by atoms with Crippen molar-refractivity contribution >= 4 is 21.7 Å². The molecule has 0 aliphatic carbocycles. The molecule has 7 nitrogen and oxygen atoms in total. The van der Waals surface area contributed by atoms with Gasteiger partial charge < -0.3 is 15.5 Å². The third-order valence-corrected chi connectivity index (χ3v) is 3.84. The van der Waals surface area contributed by atoms with E-state index in [1.807, 2.05) is 0 Å². The Morgan fingerprint density at radius 3 is 2.48 bits per heavy atom. The van der Waals surface area contributed by atoms with E-state index in [0.717, 1.165) is 6.26 Å². The highest BCUT2D eigenvalue weighted by molar-refractivity contribution is 7.90. The van der Waals surface area contributed by atoms with Gasteiger partial charge in [-0.25, -0.2) is 13.2 Å². The summed E-state index contributed by atoms with van der Waals surface area (Å²) in [6.07, 6.45) is 0.743. The highest BCUT2D eigenvalue weighted by Gasteiger charge is 2.23. The standard InChI is InChI=1S/C13H17NO6S/c1-8-4-3-5-9(11(8)15)12(16)14-10(13(17)18)6-7-21(2,19)20/h3-5,10,15H,6-7H2,1-2H3,(H,14,16)(H,17,18). The summed E-state index contributed by atoms with van der Waals surface area (Å²) in [5.41, 5.74) is 0.422. The van der Waals surface area contributed by atoms with E-state index in [1.54, 1.807) is 19.1 Å². The summed E-state index contributed by atoms with van der Waals surface area (Å²) in [6, 6.07) is 3.17. The first-order valence-corrected chi connectivity index (χ1v) is 8.18. The van der Waals surface area contributed by atoms with Gasteiger partial charge in [0.2, 0.25) is 0 Å². The lowest BCUT2D eigenvalue weighted by molar-refractivity contribution is -0.139. The van der Waals surface area contributed by atoms with Gasteiger partial charge in [-0.15, -0.1) is 0 Å². The van der Waals surface area contributed by atoms with Crippen LogP contribution in [0.1, 0.15) is 22.3 Å². The van der Waals surface area contributed by atoms with Crippen LogP contribution in [0.25, 0.3) is 0 Å². The average Bonchev–Trinajstić information content (AvgIpc) is 2.36. The summed E-state index contributed by atoms with van der Waals surface area (Å²) in [6.45, 7) is 1.60. The minimum atomic E-state index is -3.33. The van der Waals surface area contributed by atoms with E-state index in [2.05, 4.69) is 5.32 Å². The highest BCUT2D eigenvalue weighted by Crippen LogP contribution is 2.21. The zero-order valence-corrected chi connectivity index (χ0v) is 12.5. The van der Waals surface area contributed by atoms with Crippen LogP contribution >= 0.6 is 0 Å². The quantitative estimate of drug-likeness (QED) is 0.695. The summed E-state index contributed by atoms with van der Waals surface area (Å²) in [7, 11) is -3.33. The van der Waals surface area contributed by atoms with Crippen molar-refractivity contribution in [3.63, 3.8) is 0 Å². The van der Waals surface area contributed by atoms with Gasteiger partial charge in [-0.05, 0) is 25.0 Å². The lowest BCUT2D eigenvalue weighted by Gasteiger charge is -2.15. The molecule has 0 saturated heterocycles. The number of aliphatic carboxylic acids is 1. The van der Waals surface area contributed by atoms with Gasteiger partial charge in [0.15, 0.2) is 0 Å². The van der Waals surface area contributed by atoms with Gasteiger partial charge in [-0.1, -0.05) is 12.1 Å². The Morgan fingerprint density at radius 1 is 1.33 bits per heavy atom. The number of benzene rings is 1. The van der Waals surface area contributed by atoms with Crippen molar-refractivity contribution in [3.8, 4) is 5.75 Å². The number of aromatic hydroxyl groups is 1. The monoisotopic (exact) mass is 315 g/mol. The minimum Gasteiger partial charge on any atom is -0.507 e. The van der Waals surface area contributed by atoms with Crippen LogP contribution in [0, 0.1) is 6.92 Å². The van der Waals surface area contributed by atoms with E-state index in [-0.39, 0.29) is 23.5 Å². The Morgan fingerprint density at radius 2 is 1.95 bits per heavy atom. The van der Waals surface area contributed by atoms with E-state index in [0.29, 0.717) is 5.56 Å². The topological polar surface area (TPSA) is 121 Å². The fraction of sp³-hybridized carbons (Fsp3) is 0.385. The molecule has 0 aliphatic rings. The first-order chi connectivity index (χ1) is 9.61. The molecule has 0 radical (unpaired) electrons. The lowest BCUT2D eigenvalue weighted by Crippen LogP contribution is -2.41. The van der Waals surface area contributed by atoms with Gasteiger partial charge in [0.05, 0.1) is 11.3 Å². The van der Waals surface area contributed by atoms with Crippen LogP contribution in [0.3, 0.4) is 0 Å². The van der Waals surface area contributed by atoms with Crippen LogP contribution in [0.15, 0.2) is 18.2 Å². The molecule has 0 aliphatic heterocycles. The van der Waals surface area contributed by atoms with Crippen LogP contribution in [0.5, 0.6) is 5.75 Å². The predicted molar refractivity (Wildman–Crippen MR) is 76.1 cm³/mol. The van der Waals surface area contributed by atoms with E-state index in [9.17, 15) is 23.1 Å². The maximum Gasteiger partial charge on any atom is 0.326 e. The number of carboxylic acids is 1. The third kappa shape index (κ3) is 5.07. The van der Waals surface area contributed by atoms with E-state index >= 15 is 0 Å². The summed E-state index contributed by atoms with van der Waals surface area (Å²) < 4.78 is 22.1. The second-order valence-electron chi connectivity index (χ2n) is 4.75. The third-order valence-electron chi connectivity index (χ3n) is 2.86. The molecule has 1 amide bonds. The molecular weight excluding hydrogens is 298 g/mol. The molecular formula is C13H17NO6S. The second kappa shape index (κ2) is 6.57. The van der Waals surface area contributed by atoms with Gasteiger partial charge in [0, 0.05) is 6.26 Å². The highest BCUT2D eigenvalue weighted by atomic mass is 32.2. The molecule has 0 spiro atoms. The van der Waals surface area contributed by atoms with Crippen LogP contribution in [-0.4, -0.2) is 48.6 Å². The molecule has 1 unspecified atom stereocenters. The number of hydrogen-bond acceptors (Lipinski definition) is 5. The lowest BCUT2D eigenvalue weighted by atomic mass is 10.1. The number of carbonyl (C=O) groups is 2. The first kappa shape index (κ1) is 17.0. The SMILES string of the molecule is Cc1cccc(C(=O)NC(CCS(C)(=O)=O)C(=O)O)c1O. The number of phenolic OH excluding ortho intramolecular Hbond substituents is 1. The summed E-state index contributed by atoms with van der Waals surface area (Å²) >= 11 is 0. The Bertz CT molecular complexity index is 653. The summed E-state index contributed by atoms with van der Waals surface area (Å²) in [4.78, 5) is 23.0. The normalized spacial score (nSPS) is 12.7. The van der Waals surface area contributed by atoms with E-state index in [1.165, 1.54) is 6.07 Å². The predicted octanol–water partition coefficient (Wildman–Crippen LogP) is 0.318. The van der Waals surface area contributed by atoms with Gasteiger partial charge in [-0.2, -0.15) is 0 Å². The number of sulfone groups is 1. The van der Waals surface area contributed by atoms with Gasteiger partial charge in [0.1, 0.15) is 21.6 Å². The smallest absolute Gasteiger partial charge is 0.326 e. The number of rotatable bonds is 6. The fourth-order valence-corrected chi connectivity index (χ4v) is 2.33. The maximum atomic E-state index is 12.0. The second-order valence-corrected chi connectivity index (χ2v) is 7.01. The number of carbonyl (C=O) groups excluding carboxylic acids is 1. The molecule has 8 heteroatoms. The van der Waals surface area contributed by atoms with Crippen molar-refractivity contribution in [3.05, 3.63) is 29.3 Å². The van der Waals surface area contributed by atoms with Crippen molar-refractivity contribution in [1.29, 1.82) is 0 Å². The van der Waals surface area contributed by atoms with Crippen molar-refractivity contribution in [2.75, 3.05) is 12.0 Å². The zero-order valence-electron chi connectivity index (χ0n) is 11.7. The maximum absolute atomic E-state index is 12.0. The molecule has 0 saturated carbocycles. The number of aryl methyl sites for hydroxylation is 1. The number of phenols is 1. The molecule has 21 heavy (non-hydrogen) atoms. The van der Waals surface area contributed by atoms with Crippen molar-refractivity contribution in [2.24, 2.45) is 0 Å². The zero-order chi connectivity index (χ0) is 16.2. The Hall–Kier alpha value is -2.09. The number of carboxylic acid groups (broad SMARTS) is 1. The van der Waals surface area contributed by atoms with Gasteiger partial charge >= 0.3 is 5.97 Å². The average molecular weight is 315 g/mol. The van der Waals surface area contributed by atoms with Crippen LogP contribution in [0.2, 0.25) is 0 Å². The Labute approximate surface area is 122 Å². The van der Waals surface area contributed by atoms with Crippen molar-refractivity contribution in [2.45, 2.75) is 19.4 Å². The summed E-state index contributed by atoms with van der Waals surface area (Å²) in [5, 5.41) is 21.0. The van der Waals surface area contributed by atoms with Gasteiger partial charge in [-0.3, -0.25) is 4.79 Å². The van der Waals surface area contributed by atoms with Crippen molar-refractivity contribution in [1.82, 2.24) is 5.32 Å². The van der Waals surface area contributed by atoms with Crippen LogP contribution < -0.4 is 5.32 Å². The van der Waals surface area contributed by atoms with Crippen LogP contribution in [-0.2, 0) is 14.6 Å². The molecule has 116 valence electrons. The summed E-state index contributed by atoms with van der Waals surface area (Å²) in [5.74, 6) is -2.69. The molecule has 0 fully saturated rings. The number of hydrogen-bond donors (Lipinski definition) is 3. The van der Waals surface area contributed by atoms with E-state index < -0.39 is 27.8 Å². The molecule has 3 N–H and O–H groups in total. The van der Waals surface area contributed by atoms with Crippen LogP contribution in [0.4, 0.5) is 0 Å². The van der Waals surface area contributed by atoms with Crippen molar-refractivity contribution < 1.29 is 28.2 Å². The molecule has 0 heterocycles. The Kier molecular flexibility index (Phi) is 5.31. The molecule has 0 aromatic heterocycles. The number of para-hydroxylation sites is 1. The largest absolute Gasteiger partial charge is 0.507 e. The molecule has 1 aromatic rings. The van der Waals surface area contributed by atoms with Gasteiger partial charge in [0.25, 0.3) is 5.91 Å². The number of nitrogens with one attached hydrogen (secondary N) is 1. The minimum absolute atomic E-state index is 0.0550. The molecule has 1 rings (SSSR count). The van der Waals surface area contributed by atoms with E-state index in [4.69, 9.17) is 5.11 Å². The molecule has 1 aromatic carbocycles. The molecule has 0 bridgehead atoms.